The van der Waals surface area contributed by atoms with Gasteiger partial charge in [0.15, 0.2) is 0 Å². The number of aromatic nitrogens is 2. The summed E-state index contributed by atoms with van der Waals surface area (Å²) in [5, 5.41) is 4.44. The van der Waals surface area contributed by atoms with Crippen LogP contribution in [0.4, 0.5) is 5.69 Å². The Morgan fingerprint density at radius 2 is 1.90 bits per heavy atom. The van der Waals surface area contributed by atoms with E-state index in [4.69, 9.17) is 5.73 Å². The molecule has 0 saturated carbocycles. The van der Waals surface area contributed by atoms with Crippen LogP contribution in [0, 0.1) is 0 Å². The fourth-order valence-corrected chi connectivity index (χ4v) is 2.83. The quantitative estimate of drug-likeness (QED) is 0.874. The molecule has 0 fully saturated rings. The summed E-state index contributed by atoms with van der Waals surface area (Å²) < 4.78 is 27.0. The molecule has 1 heterocycles. The van der Waals surface area contributed by atoms with Crippen molar-refractivity contribution >= 4 is 15.7 Å². The van der Waals surface area contributed by atoms with Gasteiger partial charge in [0.25, 0.3) is 0 Å². The zero-order valence-corrected chi connectivity index (χ0v) is 13.4. The number of nitrogens with two attached hydrogens (primary N) is 1. The second-order valence-corrected chi connectivity index (χ2v) is 7.50. The number of anilines is 1. The Morgan fingerprint density at radius 3 is 2.38 bits per heavy atom. The molecule has 0 unspecified atom stereocenters. The molecule has 0 radical (unpaired) electrons. The number of nitrogen functional groups attached to an aromatic ring is 1. The van der Waals surface area contributed by atoms with Gasteiger partial charge in [-0.3, -0.25) is 0 Å². The van der Waals surface area contributed by atoms with E-state index in [-0.39, 0.29) is 4.90 Å². The third-order valence-electron chi connectivity index (χ3n) is 3.23. The van der Waals surface area contributed by atoms with Crippen LogP contribution in [-0.2, 0) is 10.0 Å². The summed E-state index contributed by atoms with van der Waals surface area (Å²) in [4.78, 5) is 0.171. The zero-order chi connectivity index (χ0) is 15.8. The van der Waals surface area contributed by atoms with Crippen LogP contribution in [0.2, 0.25) is 0 Å². The number of benzene rings is 1. The van der Waals surface area contributed by atoms with Gasteiger partial charge >= 0.3 is 0 Å². The van der Waals surface area contributed by atoms with Gasteiger partial charge in [-0.1, -0.05) is 13.8 Å². The van der Waals surface area contributed by atoms with Gasteiger partial charge in [0, 0.05) is 20.3 Å². The molecule has 21 heavy (non-hydrogen) atoms. The molecule has 2 aromatic rings. The van der Waals surface area contributed by atoms with Crippen LogP contribution in [-0.4, -0.2) is 36.6 Å². The van der Waals surface area contributed by atoms with Gasteiger partial charge in [-0.25, -0.2) is 17.4 Å². The molecule has 1 aromatic heterocycles. The van der Waals surface area contributed by atoms with Gasteiger partial charge in [-0.15, -0.1) is 0 Å². The van der Waals surface area contributed by atoms with Crippen LogP contribution in [0.5, 0.6) is 0 Å². The van der Waals surface area contributed by atoms with E-state index in [0.29, 0.717) is 17.3 Å². The minimum Gasteiger partial charge on any atom is -0.397 e. The Morgan fingerprint density at radius 1 is 1.24 bits per heavy atom. The van der Waals surface area contributed by atoms with Crippen molar-refractivity contribution < 1.29 is 8.42 Å². The smallest absolute Gasteiger partial charge is 0.242 e. The molecule has 2 rings (SSSR count). The molecule has 0 aliphatic rings. The summed E-state index contributed by atoms with van der Waals surface area (Å²) in [5.41, 5.74) is 7.99. The third-order valence-corrected chi connectivity index (χ3v) is 5.04. The average molecular weight is 308 g/mol. The first-order chi connectivity index (χ1) is 9.73. The minimum absolute atomic E-state index is 0.171. The standard InChI is InChI=1S/C14H20N4O2S/c1-10(2)13-7-8-18(16-13)14-6-5-11(9-12(14)15)21(19,20)17(3)4/h5-10H,15H2,1-4H3. The average Bonchev–Trinajstić information content (AvgIpc) is 2.87. The van der Waals surface area contributed by atoms with Crippen molar-refractivity contribution in [2.45, 2.75) is 24.7 Å². The van der Waals surface area contributed by atoms with E-state index in [9.17, 15) is 8.42 Å². The molecule has 2 N–H and O–H groups in total. The zero-order valence-electron chi connectivity index (χ0n) is 12.6. The predicted octanol–water partition coefficient (Wildman–Crippen LogP) is 1.83. The second-order valence-electron chi connectivity index (χ2n) is 5.35. The molecular formula is C14H20N4O2S. The SMILES string of the molecule is CC(C)c1ccn(-c2ccc(S(=O)(=O)N(C)C)cc2N)n1. The van der Waals surface area contributed by atoms with Crippen LogP contribution in [0.3, 0.4) is 0 Å². The highest BCUT2D eigenvalue weighted by molar-refractivity contribution is 7.89. The van der Waals surface area contributed by atoms with Crippen molar-refractivity contribution in [1.82, 2.24) is 14.1 Å². The number of sulfonamides is 1. The van der Waals surface area contributed by atoms with E-state index >= 15 is 0 Å². The molecule has 114 valence electrons. The lowest BCUT2D eigenvalue weighted by Crippen LogP contribution is -2.22. The lowest BCUT2D eigenvalue weighted by Gasteiger charge is -2.13. The highest BCUT2D eigenvalue weighted by atomic mass is 32.2. The molecule has 0 spiro atoms. The maximum atomic E-state index is 12.1. The summed E-state index contributed by atoms with van der Waals surface area (Å²) in [5.74, 6) is 0.320. The Labute approximate surface area is 125 Å². The van der Waals surface area contributed by atoms with Gasteiger partial charge in [0.05, 0.1) is 22.0 Å². The van der Waals surface area contributed by atoms with E-state index < -0.39 is 10.0 Å². The molecule has 0 aliphatic carbocycles. The normalized spacial score (nSPS) is 12.3. The van der Waals surface area contributed by atoms with E-state index in [1.165, 1.54) is 26.2 Å². The molecule has 0 atom stereocenters. The van der Waals surface area contributed by atoms with E-state index in [2.05, 4.69) is 18.9 Å². The molecule has 0 aliphatic heterocycles. The Hall–Kier alpha value is -1.86. The van der Waals surface area contributed by atoms with Crippen molar-refractivity contribution in [3.63, 3.8) is 0 Å². The first kappa shape index (κ1) is 15.5. The van der Waals surface area contributed by atoms with Gasteiger partial charge in [-0.05, 0) is 30.2 Å². The van der Waals surface area contributed by atoms with Gasteiger partial charge < -0.3 is 5.73 Å². The van der Waals surface area contributed by atoms with Crippen LogP contribution < -0.4 is 5.73 Å². The molecular weight excluding hydrogens is 288 g/mol. The maximum Gasteiger partial charge on any atom is 0.242 e. The molecule has 7 heteroatoms. The third kappa shape index (κ3) is 2.93. The summed E-state index contributed by atoms with van der Waals surface area (Å²) in [6.45, 7) is 4.12. The lowest BCUT2D eigenvalue weighted by molar-refractivity contribution is 0.521. The number of hydrogen-bond donors (Lipinski definition) is 1. The number of hydrogen-bond acceptors (Lipinski definition) is 4. The molecule has 0 amide bonds. The fraction of sp³-hybridized carbons (Fsp3) is 0.357. The topological polar surface area (TPSA) is 81.2 Å². The number of nitrogens with zero attached hydrogens (tertiary/aromatic N) is 3. The summed E-state index contributed by atoms with van der Waals surface area (Å²) in [6, 6.07) is 6.59. The summed E-state index contributed by atoms with van der Waals surface area (Å²) >= 11 is 0. The highest BCUT2D eigenvalue weighted by Crippen LogP contribution is 2.23. The van der Waals surface area contributed by atoms with Crippen LogP contribution in [0.25, 0.3) is 5.69 Å². The first-order valence-corrected chi connectivity index (χ1v) is 8.05. The first-order valence-electron chi connectivity index (χ1n) is 6.61. The second kappa shape index (κ2) is 5.50. The van der Waals surface area contributed by atoms with E-state index in [1.54, 1.807) is 10.7 Å². The van der Waals surface area contributed by atoms with Crippen molar-refractivity contribution in [3.05, 3.63) is 36.2 Å². The van der Waals surface area contributed by atoms with Crippen molar-refractivity contribution in [3.8, 4) is 5.69 Å². The van der Waals surface area contributed by atoms with E-state index in [0.717, 1.165) is 10.00 Å². The fourth-order valence-electron chi connectivity index (χ4n) is 1.89. The Kier molecular flexibility index (Phi) is 4.06. The number of rotatable bonds is 4. The predicted molar refractivity (Wildman–Crippen MR) is 82.9 cm³/mol. The Balaban J connectivity index is 2.44. The van der Waals surface area contributed by atoms with Crippen molar-refractivity contribution in [1.29, 1.82) is 0 Å². The van der Waals surface area contributed by atoms with E-state index in [1.807, 2.05) is 12.3 Å². The molecule has 6 nitrogen and oxygen atoms in total. The monoisotopic (exact) mass is 308 g/mol. The van der Waals surface area contributed by atoms with Gasteiger partial charge in [0.1, 0.15) is 0 Å². The van der Waals surface area contributed by atoms with Crippen LogP contribution in [0.15, 0.2) is 35.4 Å². The van der Waals surface area contributed by atoms with Gasteiger partial charge in [-0.2, -0.15) is 5.10 Å². The molecule has 1 aromatic carbocycles. The lowest BCUT2D eigenvalue weighted by atomic mass is 10.1. The Bertz CT molecular complexity index is 748. The summed E-state index contributed by atoms with van der Waals surface area (Å²) in [7, 11) is -0.507. The minimum atomic E-state index is -3.48. The maximum absolute atomic E-state index is 12.1. The van der Waals surface area contributed by atoms with Crippen LogP contribution in [0.1, 0.15) is 25.5 Å². The summed E-state index contributed by atoms with van der Waals surface area (Å²) in [6.07, 6.45) is 1.82. The van der Waals surface area contributed by atoms with Crippen LogP contribution >= 0.6 is 0 Å². The highest BCUT2D eigenvalue weighted by Gasteiger charge is 2.18. The molecule has 0 bridgehead atoms. The van der Waals surface area contributed by atoms with Gasteiger partial charge in [0.2, 0.25) is 10.0 Å². The largest absolute Gasteiger partial charge is 0.397 e. The van der Waals surface area contributed by atoms with Crippen molar-refractivity contribution in [2.75, 3.05) is 19.8 Å². The molecule has 0 saturated heterocycles. The van der Waals surface area contributed by atoms with Crippen molar-refractivity contribution in [2.24, 2.45) is 0 Å².